The number of carboxylic acid groups (broad SMARTS) is 1. The number of carbonyl (C=O) groups excluding carboxylic acids is 1. The van der Waals surface area contributed by atoms with E-state index in [2.05, 4.69) is 10.3 Å². The lowest BCUT2D eigenvalue weighted by Gasteiger charge is -2.04. The van der Waals surface area contributed by atoms with Gasteiger partial charge in [0, 0.05) is 31.8 Å². The second kappa shape index (κ2) is 7.38. The highest BCUT2D eigenvalue weighted by Crippen LogP contribution is 2.00. The molecule has 0 unspecified atom stereocenters. The zero-order chi connectivity index (χ0) is 12.5. The van der Waals surface area contributed by atoms with E-state index in [9.17, 15) is 9.59 Å². The maximum Gasteiger partial charge on any atom is 0.303 e. The highest BCUT2D eigenvalue weighted by atomic mass is 16.4. The van der Waals surface area contributed by atoms with Crippen LogP contribution in [0, 0.1) is 0 Å². The first kappa shape index (κ1) is 13.2. The number of hydrogen-bond donors (Lipinski definition) is 2. The van der Waals surface area contributed by atoms with E-state index >= 15 is 0 Å². The van der Waals surface area contributed by atoms with Crippen molar-refractivity contribution in [2.24, 2.45) is 0 Å². The van der Waals surface area contributed by atoms with Crippen LogP contribution in [0.4, 0.5) is 0 Å². The largest absolute Gasteiger partial charge is 0.481 e. The topological polar surface area (TPSA) is 79.3 Å². The van der Waals surface area contributed by atoms with Gasteiger partial charge < -0.3 is 10.4 Å². The van der Waals surface area contributed by atoms with Gasteiger partial charge in [-0.25, -0.2) is 0 Å². The molecule has 1 amide bonds. The minimum Gasteiger partial charge on any atom is -0.481 e. The number of carboxylic acids is 1. The number of aliphatic carboxylic acids is 1. The quantitative estimate of drug-likeness (QED) is 0.700. The monoisotopic (exact) mass is 236 g/mol. The lowest BCUT2D eigenvalue weighted by atomic mass is 10.2. The number of hydrogen-bond acceptors (Lipinski definition) is 3. The van der Waals surface area contributed by atoms with Gasteiger partial charge in [0.05, 0.1) is 0 Å². The molecule has 0 spiro atoms. The Bertz CT molecular complexity index is 365. The molecule has 0 aliphatic rings. The maximum atomic E-state index is 11.4. The van der Waals surface area contributed by atoms with Gasteiger partial charge in [-0.05, 0) is 30.5 Å². The van der Waals surface area contributed by atoms with Gasteiger partial charge in [-0.1, -0.05) is 0 Å². The molecule has 0 saturated heterocycles. The summed E-state index contributed by atoms with van der Waals surface area (Å²) in [6, 6.07) is 3.68. The summed E-state index contributed by atoms with van der Waals surface area (Å²) in [6.45, 7) is 0.486. The Balaban J connectivity index is 2.11. The number of amides is 1. The van der Waals surface area contributed by atoms with Crippen LogP contribution >= 0.6 is 0 Å². The Hall–Kier alpha value is -1.91. The van der Waals surface area contributed by atoms with Crippen LogP contribution in [0.2, 0.25) is 0 Å². The fourth-order valence-electron chi connectivity index (χ4n) is 1.35. The average molecular weight is 236 g/mol. The van der Waals surface area contributed by atoms with Gasteiger partial charge in [-0.3, -0.25) is 14.6 Å². The molecule has 1 aromatic heterocycles. The molecule has 5 heteroatoms. The SMILES string of the molecule is O=C(O)CCCCC(=O)NCc1ccncc1. The molecule has 1 heterocycles. The zero-order valence-electron chi connectivity index (χ0n) is 9.56. The number of nitrogens with one attached hydrogen (secondary N) is 1. The minimum absolute atomic E-state index is 0.0489. The smallest absolute Gasteiger partial charge is 0.303 e. The van der Waals surface area contributed by atoms with Gasteiger partial charge in [-0.2, -0.15) is 0 Å². The average Bonchev–Trinajstić information content (AvgIpc) is 2.33. The highest BCUT2D eigenvalue weighted by molar-refractivity contribution is 5.75. The standard InChI is InChI=1S/C12H16N2O3/c15-11(3-1-2-4-12(16)17)14-9-10-5-7-13-8-6-10/h5-8H,1-4,9H2,(H,14,15)(H,16,17). The van der Waals surface area contributed by atoms with Crippen molar-refractivity contribution in [1.29, 1.82) is 0 Å². The van der Waals surface area contributed by atoms with Crippen LogP contribution < -0.4 is 5.32 Å². The van der Waals surface area contributed by atoms with E-state index in [4.69, 9.17) is 5.11 Å². The van der Waals surface area contributed by atoms with Gasteiger partial charge in [0.15, 0.2) is 0 Å². The van der Waals surface area contributed by atoms with Crippen LogP contribution in [0.5, 0.6) is 0 Å². The highest BCUT2D eigenvalue weighted by Gasteiger charge is 2.02. The molecule has 5 nitrogen and oxygen atoms in total. The van der Waals surface area contributed by atoms with Gasteiger partial charge >= 0.3 is 5.97 Å². The number of unbranched alkanes of at least 4 members (excludes halogenated alkanes) is 1. The molecule has 0 fully saturated rings. The summed E-state index contributed by atoms with van der Waals surface area (Å²) in [5.41, 5.74) is 0.999. The van der Waals surface area contributed by atoms with E-state index in [-0.39, 0.29) is 12.3 Å². The number of pyridine rings is 1. The summed E-state index contributed by atoms with van der Waals surface area (Å²) < 4.78 is 0. The van der Waals surface area contributed by atoms with Crippen LogP contribution in [0.15, 0.2) is 24.5 Å². The first-order valence-electron chi connectivity index (χ1n) is 5.56. The third-order valence-electron chi connectivity index (χ3n) is 2.28. The Labute approximate surface area is 99.9 Å². The molecule has 0 bridgehead atoms. The molecule has 1 rings (SSSR count). The molecular formula is C12H16N2O3. The van der Waals surface area contributed by atoms with Crippen molar-refractivity contribution in [3.8, 4) is 0 Å². The lowest BCUT2D eigenvalue weighted by molar-refractivity contribution is -0.137. The summed E-state index contributed by atoms with van der Waals surface area (Å²) in [6.07, 6.45) is 4.99. The van der Waals surface area contributed by atoms with Gasteiger partial charge in [0.2, 0.25) is 5.91 Å². The third kappa shape index (κ3) is 6.29. The number of aromatic nitrogens is 1. The molecule has 1 aromatic rings. The number of rotatable bonds is 7. The summed E-state index contributed by atoms with van der Waals surface area (Å²) in [7, 11) is 0. The molecular weight excluding hydrogens is 220 g/mol. The summed E-state index contributed by atoms with van der Waals surface area (Å²) >= 11 is 0. The first-order valence-corrected chi connectivity index (χ1v) is 5.56. The van der Waals surface area contributed by atoms with E-state index in [1.807, 2.05) is 12.1 Å². The molecule has 0 saturated carbocycles. The van der Waals surface area contributed by atoms with Crippen LogP contribution in [0.3, 0.4) is 0 Å². The summed E-state index contributed by atoms with van der Waals surface area (Å²) in [4.78, 5) is 25.5. The molecule has 0 radical (unpaired) electrons. The van der Waals surface area contributed by atoms with Crippen molar-refractivity contribution >= 4 is 11.9 Å². The lowest BCUT2D eigenvalue weighted by Crippen LogP contribution is -2.22. The molecule has 2 N–H and O–H groups in total. The van der Waals surface area contributed by atoms with E-state index in [1.165, 1.54) is 0 Å². The molecule has 0 atom stereocenters. The van der Waals surface area contributed by atoms with E-state index < -0.39 is 5.97 Å². The minimum atomic E-state index is -0.817. The first-order chi connectivity index (χ1) is 8.18. The predicted molar refractivity (Wildman–Crippen MR) is 62.2 cm³/mol. The molecule has 0 aliphatic heterocycles. The van der Waals surface area contributed by atoms with Crippen molar-refractivity contribution in [2.75, 3.05) is 0 Å². The summed E-state index contributed by atoms with van der Waals surface area (Å²) in [5, 5.41) is 11.2. The fourth-order valence-corrected chi connectivity index (χ4v) is 1.35. The van der Waals surface area contributed by atoms with Crippen molar-refractivity contribution in [3.63, 3.8) is 0 Å². The van der Waals surface area contributed by atoms with E-state index in [0.29, 0.717) is 25.8 Å². The predicted octanol–water partition coefficient (Wildman–Crippen LogP) is 1.34. The second-order valence-corrected chi connectivity index (χ2v) is 3.73. The molecule has 0 aliphatic carbocycles. The van der Waals surface area contributed by atoms with Crippen molar-refractivity contribution in [1.82, 2.24) is 10.3 Å². The van der Waals surface area contributed by atoms with E-state index in [1.54, 1.807) is 12.4 Å². The zero-order valence-corrected chi connectivity index (χ0v) is 9.56. The number of nitrogens with zero attached hydrogens (tertiary/aromatic N) is 1. The van der Waals surface area contributed by atoms with Crippen LogP contribution in [0.25, 0.3) is 0 Å². The van der Waals surface area contributed by atoms with E-state index in [0.717, 1.165) is 5.56 Å². The van der Waals surface area contributed by atoms with Gasteiger partial charge in [0.1, 0.15) is 0 Å². The Morgan fingerprint density at radius 1 is 1.18 bits per heavy atom. The van der Waals surface area contributed by atoms with Gasteiger partial charge in [-0.15, -0.1) is 0 Å². The normalized spacial score (nSPS) is 9.88. The molecule has 17 heavy (non-hydrogen) atoms. The number of carbonyl (C=O) groups is 2. The van der Waals surface area contributed by atoms with Crippen LogP contribution in [0.1, 0.15) is 31.2 Å². The van der Waals surface area contributed by atoms with Crippen LogP contribution in [-0.2, 0) is 16.1 Å². The molecule has 0 aromatic carbocycles. The summed E-state index contributed by atoms with van der Waals surface area (Å²) in [5.74, 6) is -0.866. The van der Waals surface area contributed by atoms with Crippen LogP contribution in [-0.4, -0.2) is 22.0 Å². The molecule has 92 valence electrons. The Morgan fingerprint density at radius 2 is 1.82 bits per heavy atom. The van der Waals surface area contributed by atoms with Crippen molar-refractivity contribution in [2.45, 2.75) is 32.2 Å². The van der Waals surface area contributed by atoms with Gasteiger partial charge in [0.25, 0.3) is 0 Å². The third-order valence-corrected chi connectivity index (χ3v) is 2.28. The maximum absolute atomic E-state index is 11.4. The Kier molecular flexibility index (Phi) is 5.71. The van der Waals surface area contributed by atoms with Crippen molar-refractivity contribution in [3.05, 3.63) is 30.1 Å². The Morgan fingerprint density at radius 3 is 2.47 bits per heavy atom. The fraction of sp³-hybridized carbons (Fsp3) is 0.417. The van der Waals surface area contributed by atoms with Crippen molar-refractivity contribution < 1.29 is 14.7 Å². The second-order valence-electron chi connectivity index (χ2n) is 3.73.